The van der Waals surface area contributed by atoms with Gasteiger partial charge in [-0.05, 0) is 39.3 Å². The Morgan fingerprint density at radius 3 is 2.62 bits per heavy atom. The minimum absolute atomic E-state index is 0.0791. The van der Waals surface area contributed by atoms with Gasteiger partial charge >= 0.3 is 12.1 Å². The molecule has 0 aliphatic carbocycles. The highest BCUT2D eigenvalue weighted by molar-refractivity contribution is 5.97. The van der Waals surface area contributed by atoms with Crippen LogP contribution in [0.1, 0.15) is 36.8 Å². The van der Waals surface area contributed by atoms with Crippen molar-refractivity contribution in [3.63, 3.8) is 0 Å². The van der Waals surface area contributed by atoms with E-state index < -0.39 is 17.7 Å². The van der Waals surface area contributed by atoms with Gasteiger partial charge in [0, 0.05) is 6.20 Å². The summed E-state index contributed by atoms with van der Waals surface area (Å²) in [6.07, 6.45) is 0.905. The second-order valence-corrected chi connectivity index (χ2v) is 5.63. The van der Waals surface area contributed by atoms with E-state index in [1.165, 1.54) is 4.40 Å². The number of carboxylic acid groups (broad SMARTS) is 1. The van der Waals surface area contributed by atoms with Gasteiger partial charge in [-0.1, -0.05) is 6.07 Å². The number of amides is 1. The Balaban J connectivity index is 2.47. The molecule has 0 fully saturated rings. The average Bonchev–Trinajstić information content (AvgIpc) is 2.67. The van der Waals surface area contributed by atoms with E-state index >= 15 is 0 Å². The molecule has 0 saturated carbocycles. The standard InChI is InChI=1S/C14H17N3O4/c1-8-6-5-7-17-10(8)15-9(12(18)19)11(17)16-13(20)21-14(2,3)4/h5-7H,1-4H3,(H,16,20)(H,18,19). The van der Waals surface area contributed by atoms with Gasteiger partial charge < -0.3 is 9.84 Å². The van der Waals surface area contributed by atoms with Crippen LogP contribution in [0.2, 0.25) is 0 Å². The molecule has 7 heteroatoms. The summed E-state index contributed by atoms with van der Waals surface area (Å²) in [5, 5.41) is 11.7. The molecule has 0 atom stereocenters. The molecule has 0 spiro atoms. The Labute approximate surface area is 121 Å². The minimum atomic E-state index is -1.22. The van der Waals surface area contributed by atoms with E-state index in [0.717, 1.165) is 5.56 Å². The number of ether oxygens (including phenoxy) is 1. The molecular weight excluding hydrogens is 274 g/mol. The SMILES string of the molecule is Cc1cccn2c(NC(=O)OC(C)(C)C)c(C(=O)O)nc12. The summed E-state index contributed by atoms with van der Waals surface area (Å²) in [7, 11) is 0. The van der Waals surface area contributed by atoms with E-state index in [1.807, 2.05) is 13.0 Å². The number of rotatable bonds is 2. The van der Waals surface area contributed by atoms with Crippen molar-refractivity contribution in [2.45, 2.75) is 33.3 Å². The number of aryl methyl sites for hydroxylation is 1. The van der Waals surface area contributed by atoms with Crippen LogP contribution in [0.3, 0.4) is 0 Å². The molecular formula is C14H17N3O4. The van der Waals surface area contributed by atoms with Crippen LogP contribution >= 0.6 is 0 Å². The van der Waals surface area contributed by atoms with Gasteiger partial charge in [0.2, 0.25) is 0 Å². The third-order valence-electron chi connectivity index (χ3n) is 2.67. The van der Waals surface area contributed by atoms with Crippen LogP contribution in [0.4, 0.5) is 10.6 Å². The van der Waals surface area contributed by atoms with Crippen molar-refractivity contribution in [2.75, 3.05) is 5.32 Å². The zero-order valence-electron chi connectivity index (χ0n) is 12.3. The summed E-state index contributed by atoms with van der Waals surface area (Å²) in [4.78, 5) is 27.2. The van der Waals surface area contributed by atoms with Crippen LogP contribution in [0.25, 0.3) is 5.65 Å². The molecule has 2 heterocycles. The normalized spacial score (nSPS) is 11.4. The molecule has 2 rings (SSSR count). The Morgan fingerprint density at radius 1 is 1.38 bits per heavy atom. The Bertz CT molecular complexity index is 713. The van der Waals surface area contributed by atoms with Crippen LogP contribution in [-0.2, 0) is 4.74 Å². The minimum Gasteiger partial charge on any atom is -0.476 e. The number of imidazole rings is 1. The summed E-state index contributed by atoms with van der Waals surface area (Å²) >= 11 is 0. The van der Waals surface area contributed by atoms with Gasteiger partial charge in [0.1, 0.15) is 11.2 Å². The number of pyridine rings is 1. The number of aromatic nitrogens is 2. The highest BCUT2D eigenvalue weighted by Crippen LogP contribution is 2.21. The molecule has 2 aromatic heterocycles. The lowest BCUT2D eigenvalue weighted by atomic mass is 10.2. The van der Waals surface area contributed by atoms with E-state index in [0.29, 0.717) is 5.65 Å². The summed E-state index contributed by atoms with van der Waals surface area (Å²) in [5.74, 6) is -1.14. The zero-order valence-corrected chi connectivity index (χ0v) is 12.3. The largest absolute Gasteiger partial charge is 0.476 e. The van der Waals surface area contributed by atoms with E-state index in [2.05, 4.69) is 10.3 Å². The zero-order chi connectivity index (χ0) is 15.8. The fourth-order valence-electron chi connectivity index (χ4n) is 1.87. The predicted octanol–water partition coefficient (Wildman–Crippen LogP) is 2.69. The van der Waals surface area contributed by atoms with Crippen molar-refractivity contribution in [2.24, 2.45) is 0 Å². The van der Waals surface area contributed by atoms with E-state index in [9.17, 15) is 14.7 Å². The van der Waals surface area contributed by atoms with Gasteiger partial charge in [-0.3, -0.25) is 9.72 Å². The Morgan fingerprint density at radius 2 is 2.05 bits per heavy atom. The first-order valence-corrected chi connectivity index (χ1v) is 6.40. The number of carboxylic acids is 1. The van der Waals surface area contributed by atoms with E-state index in [-0.39, 0.29) is 11.5 Å². The number of hydrogen-bond donors (Lipinski definition) is 2. The smallest absolute Gasteiger partial charge is 0.413 e. The molecule has 2 N–H and O–H groups in total. The Kier molecular flexibility index (Phi) is 3.59. The lowest BCUT2D eigenvalue weighted by Gasteiger charge is -2.19. The third kappa shape index (κ3) is 3.13. The highest BCUT2D eigenvalue weighted by Gasteiger charge is 2.23. The first kappa shape index (κ1) is 14.8. The fourth-order valence-corrected chi connectivity index (χ4v) is 1.87. The van der Waals surface area contributed by atoms with Gasteiger partial charge in [-0.15, -0.1) is 0 Å². The molecule has 0 aliphatic heterocycles. The van der Waals surface area contributed by atoms with Gasteiger partial charge in [0.05, 0.1) is 0 Å². The molecule has 1 amide bonds. The van der Waals surface area contributed by atoms with Gasteiger partial charge in [-0.25, -0.2) is 14.6 Å². The Hall–Kier alpha value is -2.57. The van der Waals surface area contributed by atoms with Crippen LogP contribution in [-0.4, -0.2) is 32.2 Å². The van der Waals surface area contributed by atoms with Crippen molar-refractivity contribution in [1.82, 2.24) is 9.38 Å². The quantitative estimate of drug-likeness (QED) is 0.887. The number of nitrogens with zero attached hydrogens (tertiary/aromatic N) is 2. The van der Waals surface area contributed by atoms with Crippen LogP contribution in [0.5, 0.6) is 0 Å². The molecule has 2 aromatic rings. The molecule has 112 valence electrons. The van der Waals surface area contributed by atoms with E-state index in [4.69, 9.17) is 4.74 Å². The average molecular weight is 291 g/mol. The van der Waals surface area contributed by atoms with Crippen LogP contribution < -0.4 is 5.32 Å². The number of fused-ring (bicyclic) bond motifs is 1. The maximum Gasteiger partial charge on any atom is 0.413 e. The van der Waals surface area contributed by atoms with Crippen molar-refractivity contribution >= 4 is 23.5 Å². The lowest BCUT2D eigenvalue weighted by molar-refractivity contribution is 0.0635. The fraction of sp³-hybridized carbons (Fsp3) is 0.357. The van der Waals surface area contributed by atoms with Gasteiger partial charge in [0.25, 0.3) is 0 Å². The topological polar surface area (TPSA) is 92.9 Å². The number of nitrogens with one attached hydrogen (secondary N) is 1. The molecule has 0 unspecified atom stereocenters. The number of anilines is 1. The molecule has 0 saturated heterocycles. The second kappa shape index (κ2) is 5.08. The second-order valence-electron chi connectivity index (χ2n) is 5.63. The van der Waals surface area contributed by atoms with Crippen LogP contribution in [0.15, 0.2) is 18.3 Å². The number of carbonyl (C=O) groups is 2. The lowest BCUT2D eigenvalue weighted by Crippen LogP contribution is -2.28. The summed E-state index contributed by atoms with van der Waals surface area (Å²) in [6.45, 7) is 6.99. The monoisotopic (exact) mass is 291 g/mol. The summed E-state index contributed by atoms with van der Waals surface area (Å²) < 4.78 is 6.66. The molecule has 0 aliphatic rings. The van der Waals surface area contributed by atoms with Gasteiger partial charge in [-0.2, -0.15) is 0 Å². The number of aromatic carboxylic acids is 1. The summed E-state index contributed by atoms with van der Waals surface area (Å²) in [6, 6.07) is 3.56. The first-order valence-electron chi connectivity index (χ1n) is 6.40. The molecule has 7 nitrogen and oxygen atoms in total. The summed E-state index contributed by atoms with van der Waals surface area (Å²) in [5.41, 5.74) is 0.373. The van der Waals surface area contributed by atoms with Crippen molar-refractivity contribution in [3.05, 3.63) is 29.6 Å². The maximum absolute atomic E-state index is 11.9. The molecule has 0 aromatic carbocycles. The van der Waals surface area contributed by atoms with Crippen molar-refractivity contribution in [1.29, 1.82) is 0 Å². The predicted molar refractivity (Wildman–Crippen MR) is 76.7 cm³/mol. The first-order chi connectivity index (χ1) is 9.69. The molecule has 0 radical (unpaired) electrons. The van der Waals surface area contributed by atoms with Gasteiger partial charge in [0.15, 0.2) is 11.5 Å². The van der Waals surface area contributed by atoms with Crippen LogP contribution in [0, 0.1) is 6.92 Å². The third-order valence-corrected chi connectivity index (χ3v) is 2.67. The number of carbonyl (C=O) groups excluding carboxylic acids is 1. The van der Waals surface area contributed by atoms with Crippen molar-refractivity contribution < 1.29 is 19.4 Å². The maximum atomic E-state index is 11.9. The number of hydrogen-bond acceptors (Lipinski definition) is 4. The van der Waals surface area contributed by atoms with E-state index in [1.54, 1.807) is 33.0 Å². The molecule has 0 bridgehead atoms. The highest BCUT2D eigenvalue weighted by atomic mass is 16.6. The van der Waals surface area contributed by atoms with Crippen molar-refractivity contribution in [3.8, 4) is 0 Å². The molecule has 21 heavy (non-hydrogen) atoms.